The highest BCUT2D eigenvalue weighted by Gasteiger charge is 2.62. The Labute approximate surface area is 164 Å². The molecule has 1 aromatic carbocycles. The fourth-order valence-corrected chi connectivity index (χ4v) is 4.82. The normalized spacial score (nSPS) is 36.8. The molecule has 0 radical (unpaired) electrons. The van der Waals surface area contributed by atoms with Crippen LogP contribution < -0.4 is 5.32 Å². The Balaban J connectivity index is 1.34. The van der Waals surface area contributed by atoms with Crippen molar-refractivity contribution in [3.8, 4) is 0 Å². The lowest BCUT2D eigenvalue weighted by Crippen LogP contribution is -2.32. The predicted molar refractivity (Wildman–Crippen MR) is 107 cm³/mol. The van der Waals surface area contributed by atoms with Crippen LogP contribution in [0.5, 0.6) is 0 Å². The van der Waals surface area contributed by atoms with E-state index in [1.54, 1.807) is 0 Å². The third kappa shape index (κ3) is 3.09. The number of H-pyrrole nitrogens is 1. The number of hydrogen-bond donors (Lipinski definition) is 2. The fraction of sp³-hybridized carbons (Fsp3) is 0.545. The summed E-state index contributed by atoms with van der Waals surface area (Å²) in [5, 5.41) is 3.33. The summed E-state index contributed by atoms with van der Waals surface area (Å²) in [5.41, 5.74) is 3.14. The molecule has 148 valence electrons. The number of anilines is 1. The number of epoxide rings is 1. The molecule has 2 N–H and O–H groups in total. The van der Waals surface area contributed by atoms with Crippen LogP contribution in [0.2, 0.25) is 0 Å². The van der Waals surface area contributed by atoms with Gasteiger partial charge in [0.05, 0.1) is 22.6 Å². The number of hydrogen-bond acceptors (Lipinski definition) is 5. The molecule has 2 fully saturated rings. The van der Waals surface area contributed by atoms with Gasteiger partial charge in [0.25, 0.3) is 0 Å². The van der Waals surface area contributed by atoms with Crippen molar-refractivity contribution in [2.45, 2.75) is 57.3 Å². The number of benzene rings is 1. The van der Waals surface area contributed by atoms with Crippen molar-refractivity contribution >= 4 is 23.0 Å². The number of ether oxygens (including phenoxy) is 2. The first-order chi connectivity index (χ1) is 13.5. The summed E-state index contributed by atoms with van der Waals surface area (Å²) >= 11 is 0. The average Bonchev–Trinajstić information content (AvgIpc) is 3.02. The van der Waals surface area contributed by atoms with Gasteiger partial charge in [0.2, 0.25) is 5.95 Å². The van der Waals surface area contributed by atoms with Gasteiger partial charge in [-0.15, -0.1) is 0 Å². The second-order valence-corrected chi connectivity index (χ2v) is 8.63. The summed E-state index contributed by atoms with van der Waals surface area (Å²) in [7, 11) is 0. The summed E-state index contributed by atoms with van der Waals surface area (Å²) in [6.07, 6.45) is 6.18. The van der Waals surface area contributed by atoms with Gasteiger partial charge < -0.3 is 19.8 Å². The number of rotatable bonds is 3. The minimum atomic E-state index is -0.182. The van der Waals surface area contributed by atoms with E-state index in [1.165, 1.54) is 5.57 Å². The molecule has 2 saturated heterocycles. The van der Waals surface area contributed by atoms with Crippen molar-refractivity contribution < 1.29 is 14.3 Å². The van der Waals surface area contributed by atoms with Gasteiger partial charge in [0.1, 0.15) is 12.2 Å². The van der Waals surface area contributed by atoms with Gasteiger partial charge in [-0.1, -0.05) is 23.8 Å². The second-order valence-electron chi connectivity index (χ2n) is 8.63. The number of allylic oxidation sites excluding steroid dienone is 2. The number of aromatic nitrogens is 2. The van der Waals surface area contributed by atoms with E-state index >= 15 is 0 Å². The molecule has 5 rings (SSSR count). The minimum Gasteiger partial charge on any atom is -0.459 e. The lowest BCUT2D eigenvalue weighted by molar-refractivity contribution is -0.144. The third-order valence-electron chi connectivity index (χ3n) is 6.62. The summed E-state index contributed by atoms with van der Waals surface area (Å²) in [6.45, 7) is 4.85. The van der Waals surface area contributed by atoms with E-state index in [0.717, 1.165) is 36.7 Å². The van der Waals surface area contributed by atoms with E-state index in [1.807, 2.05) is 24.3 Å². The number of carbonyl (C=O) groups is 1. The maximum Gasteiger partial charge on any atom is 0.311 e. The van der Waals surface area contributed by atoms with Crippen LogP contribution in [0.15, 0.2) is 35.9 Å². The van der Waals surface area contributed by atoms with Crippen LogP contribution in [-0.2, 0) is 14.3 Å². The number of fused-ring (bicyclic) bond motifs is 4. The Morgan fingerprint density at radius 1 is 1.36 bits per heavy atom. The van der Waals surface area contributed by atoms with Gasteiger partial charge in [-0.25, -0.2) is 4.98 Å². The number of carbonyl (C=O) groups excluding carboxylic acids is 1. The first kappa shape index (κ1) is 17.7. The quantitative estimate of drug-likeness (QED) is 0.480. The molecule has 28 heavy (non-hydrogen) atoms. The number of esters is 1. The monoisotopic (exact) mass is 381 g/mol. The van der Waals surface area contributed by atoms with Crippen LogP contribution in [0.4, 0.5) is 5.95 Å². The largest absolute Gasteiger partial charge is 0.459 e. The van der Waals surface area contributed by atoms with E-state index in [2.05, 4.69) is 35.2 Å². The van der Waals surface area contributed by atoms with Gasteiger partial charge in [-0.3, -0.25) is 4.79 Å². The molecule has 2 aromatic rings. The Bertz CT molecular complexity index is 903. The van der Waals surface area contributed by atoms with Gasteiger partial charge in [-0.05, 0) is 51.7 Å². The van der Waals surface area contributed by atoms with Gasteiger partial charge in [-0.2, -0.15) is 0 Å². The van der Waals surface area contributed by atoms with Crippen LogP contribution >= 0.6 is 0 Å². The molecule has 0 spiro atoms. The summed E-state index contributed by atoms with van der Waals surface area (Å²) < 4.78 is 11.9. The average molecular weight is 381 g/mol. The van der Waals surface area contributed by atoms with Crippen LogP contribution in [0, 0.1) is 11.8 Å². The summed E-state index contributed by atoms with van der Waals surface area (Å²) in [4.78, 5) is 20.5. The third-order valence-corrected chi connectivity index (χ3v) is 6.62. The van der Waals surface area contributed by atoms with E-state index in [-0.39, 0.29) is 35.6 Å². The Morgan fingerprint density at radius 2 is 2.21 bits per heavy atom. The molecule has 6 heteroatoms. The van der Waals surface area contributed by atoms with E-state index in [9.17, 15) is 4.79 Å². The maximum atomic E-state index is 12.7. The number of nitrogens with zero attached hydrogens (tertiary/aromatic N) is 1. The van der Waals surface area contributed by atoms with Crippen molar-refractivity contribution in [2.24, 2.45) is 11.8 Å². The van der Waals surface area contributed by atoms with Crippen molar-refractivity contribution in [1.29, 1.82) is 0 Å². The molecule has 3 aliphatic rings. The molecule has 1 aromatic heterocycles. The molecule has 0 amide bonds. The first-order valence-corrected chi connectivity index (χ1v) is 10.3. The summed E-state index contributed by atoms with van der Waals surface area (Å²) in [5.74, 6) is 0.565. The smallest absolute Gasteiger partial charge is 0.311 e. The van der Waals surface area contributed by atoms with Gasteiger partial charge in [0.15, 0.2) is 0 Å². The van der Waals surface area contributed by atoms with Crippen molar-refractivity contribution in [3.05, 3.63) is 35.9 Å². The highest BCUT2D eigenvalue weighted by molar-refractivity contribution is 5.78. The zero-order chi connectivity index (χ0) is 19.3. The van der Waals surface area contributed by atoms with Gasteiger partial charge >= 0.3 is 5.97 Å². The Hall–Kier alpha value is -2.34. The molecular weight excluding hydrogens is 354 g/mol. The standard InChI is InChI=1S/C22H27N3O3/c1-13-6-5-11-22(2)19(28-22)18-14(10-9-13)15(20(26)27-18)12-23-21-24-16-7-3-4-8-17(16)25-21/h3-4,6-8,14-15,18-19H,5,9-12H2,1-2H3,(H2,23,24,25)/b13-6+/t14-,15?,18-,19-,22+/m0/s1. The number of nitrogens with one attached hydrogen (secondary N) is 2. The first-order valence-electron chi connectivity index (χ1n) is 10.3. The van der Waals surface area contributed by atoms with Crippen LogP contribution in [0.25, 0.3) is 11.0 Å². The molecule has 0 bridgehead atoms. The molecule has 1 aliphatic carbocycles. The molecular formula is C22H27N3O3. The second kappa shape index (κ2) is 6.62. The van der Waals surface area contributed by atoms with Crippen LogP contribution in [-0.4, -0.2) is 40.3 Å². The van der Waals surface area contributed by atoms with E-state index in [4.69, 9.17) is 9.47 Å². The lowest BCUT2D eigenvalue weighted by Gasteiger charge is -2.22. The zero-order valence-electron chi connectivity index (χ0n) is 16.4. The maximum absolute atomic E-state index is 12.7. The SMILES string of the molecule is C/C1=C\CC[C@@]2(C)O[C@H]2[C@H]2OC(=O)C(CNc3nc4ccccc4[nH]3)[C@@H]2CC1. The zero-order valence-corrected chi connectivity index (χ0v) is 16.4. The van der Waals surface area contributed by atoms with Gasteiger partial charge in [0, 0.05) is 12.5 Å². The molecule has 2 aliphatic heterocycles. The molecule has 5 atom stereocenters. The minimum absolute atomic E-state index is 0.0319. The Kier molecular flexibility index (Phi) is 4.19. The highest BCUT2D eigenvalue weighted by atomic mass is 16.6. The molecule has 6 nitrogen and oxygen atoms in total. The van der Waals surface area contributed by atoms with Crippen molar-refractivity contribution in [1.82, 2.24) is 9.97 Å². The van der Waals surface area contributed by atoms with Crippen molar-refractivity contribution in [3.63, 3.8) is 0 Å². The van der Waals surface area contributed by atoms with Crippen LogP contribution in [0.1, 0.15) is 39.5 Å². The number of para-hydroxylation sites is 2. The number of imidazole rings is 1. The van der Waals surface area contributed by atoms with E-state index in [0.29, 0.717) is 12.5 Å². The molecule has 0 saturated carbocycles. The lowest BCUT2D eigenvalue weighted by atomic mass is 9.80. The Morgan fingerprint density at radius 3 is 3.07 bits per heavy atom. The topological polar surface area (TPSA) is 79.5 Å². The summed E-state index contributed by atoms with van der Waals surface area (Å²) in [6, 6.07) is 7.91. The van der Waals surface area contributed by atoms with Crippen LogP contribution in [0.3, 0.4) is 0 Å². The van der Waals surface area contributed by atoms with E-state index < -0.39 is 0 Å². The molecule has 1 unspecified atom stereocenters. The van der Waals surface area contributed by atoms with Crippen molar-refractivity contribution in [2.75, 3.05) is 11.9 Å². The highest BCUT2D eigenvalue weighted by Crippen LogP contribution is 2.50. The fourth-order valence-electron chi connectivity index (χ4n) is 4.82. The predicted octanol–water partition coefficient (Wildman–Crippen LogP) is 3.81. The number of aromatic amines is 1. The molecule has 3 heterocycles.